The molecule has 0 aliphatic heterocycles. The smallest absolute Gasteiger partial charge is 0.322 e. The number of urea groups is 1. The molecule has 114 valence electrons. The molecule has 0 atom stereocenters. The van der Waals surface area contributed by atoms with E-state index in [2.05, 4.69) is 16.0 Å². The molecule has 0 aliphatic carbocycles. The topological polar surface area (TPSA) is 108 Å². The molecular weight excluding hydrogens is 288 g/mol. The monoisotopic (exact) mass is 301 g/mol. The van der Waals surface area contributed by atoms with Crippen LogP contribution in [0.25, 0.3) is 0 Å². The number of rotatable bonds is 6. The Morgan fingerprint density at radius 3 is 2.33 bits per heavy atom. The predicted octanol–water partition coefficient (Wildman–Crippen LogP) is -0.0352. The summed E-state index contributed by atoms with van der Waals surface area (Å²) in [5.41, 5.74) is 0.347. The highest BCUT2D eigenvalue weighted by Gasteiger charge is 2.07. The Morgan fingerprint density at radius 2 is 1.71 bits per heavy atom. The lowest BCUT2D eigenvalue weighted by Crippen LogP contribution is -2.42. The first-order valence-electron chi connectivity index (χ1n) is 5.82. The fraction of sp³-hybridized carbons (Fsp3) is 0.250. The first-order chi connectivity index (χ1) is 9.88. The van der Waals surface area contributed by atoms with E-state index >= 15 is 0 Å². The molecule has 21 heavy (non-hydrogen) atoms. The molecule has 9 heteroatoms. The van der Waals surface area contributed by atoms with Crippen molar-refractivity contribution in [3.05, 3.63) is 35.4 Å². The van der Waals surface area contributed by atoms with Crippen LogP contribution in [0.2, 0.25) is 0 Å². The van der Waals surface area contributed by atoms with E-state index in [0.717, 1.165) is 12.1 Å². The molecular formula is C12H13F2N3O4. The summed E-state index contributed by atoms with van der Waals surface area (Å²) in [6.45, 7) is -1.01. The number of hydrogen-bond donors (Lipinski definition) is 4. The van der Waals surface area contributed by atoms with Crippen LogP contribution in [0, 0.1) is 11.6 Å². The fourth-order valence-corrected chi connectivity index (χ4v) is 1.29. The number of carbonyl (C=O) groups is 3. The standard InChI is InChI=1S/C12H13F2N3O4/c13-8-2-1-7(3-9(8)14)4-16-12(21)17-5-10(18)15-6-11(19)20/h1-3H,4-6H2,(H,15,18)(H,19,20)(H2,16,17,21). The lowest BCUT2D eigenvalue weighted by atomic mass is 10.2. The van der Waals surface area contributed by atoms with Crippen molar-refractivity contribution >= 4 is 17.9 Å². The maximum atomic E-state index is 12.9. The molecule has 0 bridgehead atoms. The quantitative estimate of drug-likeness (QED) is 0.591. The van der Waals surface area contributed by atoms with Crippen LogP contribution in [-0.2, 0) is 16.1 Å². The molecule has 0 saturated heterocycles. The van der Waals surface area contributed by atoms with Crippen molar-refractivity contribution in [2.45, 2.75) is 6.54 Å². The summed E-state index contributed by atoms with van der Waals surface area (Å²) in [6.07, 6.45) is 0. The molecule has 3 amide bonds. The van der Waals surface area contributed by atoms with Crippen LogP contribution in [0.15, 0.2) is 18.2 Å². The Balaban J connectivity index is 2.29. The van der Waals surface area contributed by atoms with E-state index in [1.54, 1.807) is 0 Å². The first kappa shape index (κ1) is 16.3. The number of hydrogen-bond acceptors (Lipinski definition) is 3. The number of halogens is 2. The van der Waals surface area contributed by atoms with Crippen LogP contribution in [0.1, 0.15) is 5.56 Å². The van der Waals surface area contributed by atoms with Crippen LogP contribution in [0.4, 0.5) is 13.6 Å². The van der Waals surface area contributed by atoms with E-state index < -0.39 is 42.6 Å². The van der Waals surface area contributed by atoms with Crippen molar-refractivity contribution in [2.24, 2.45) is 0 Å². The molecule has 0 aromatic heterocycles. The second kappa shape index (κ2) is 7.78. The van der Waals surface area contributed by atoms with Gasteiger partial charge in [0, 0.05) is 6.54 Å². The molecule has 4 N–H and O–H groups in total. The third-order valence-corrected chi connectivity index (χ3v) is 2.28. The molecule has 0 heterocycles. The van der Waals surface area contributed by atoms with E-state index in [0.29, 0.717) is 5.56 Å². The number of nitrogens with one attached hydrogen (secondary N) is 3. The lowest BCUT2D eigenvalue weighted by molar-refractivity contribution is -0.137. The van der Waals surface area contributed by atoms with Gasteiger partial charge in [0.2, 0.25) is 5.91 Å². The number of carboxylic acid groups (broad SMARTS) is 1. The van der Waals surface area contributed by atoms with Gasteiger partial charge in [-0.25, -0.2) is 13.6 Å². The fourth-order valence-electron chi connectivity index (χ4n) is 1.29. The average molecular weight is 301 g/mol. The zero-order chi connectivity index (χ0) is 15.8. The number of benzene rings is 1. The van der Waals surface area contributed by atoms with Gasteiger partial charge in [-0.3, -0.25) is 9.59 Å². The molecule has 0 spiro atoms. The van der Waals surface area contributed by atoms with Crippen molar-refractivity contribution in [1.29, 1.82) is 0 Å². The minimum absolute atomic E-state index is 0.0558. The predicted molar refractivity (Wildman–Crippen MR) is 67.2 cm³/mol. The highest BCUT2D eigenvalue weighted by molar-refractivity contribution is 5.86. The van der Waals surface area contributed by atoms with Crippen LogP contribution in [0.3, 0.4) is 0 Å². The summed E-state index contributed by atoms with van der Waals surface area (Å²) in [7, 11) is 0. The molecule has 7 nitrogen and oxygen atoms in total. The average Bonchev–Trinajstić information content (AvgIpc) is 2.44. The number of aliphatic carboxylic acids is 1. The Bertz CT molecular complexity index is 551. The zero-order valence-electron chi connectivity index (χ0n) is 10.8. The van der Waals surface area contributed by atoms with Gasteiger partial charge in [0.05, 0.1) is 6.54 Å². The third kappa shape index (κ3) is 6.32. The molecule has 1 aromatic carbocycles. The molecule has 1 aromatic rings. The van der Waals surface area contributed by atoms with E-state index in [9.17, 15) is 23.2 Å². The van der Waals surface area contributed by atoms with Crippen molar-refractivity contribution in [2.75, 3.05) is 13.1 Å². The molecule has 1 rings (SSSR count). The number of amides is 3. The largest absolute Gasteiger partial charge is 0.480 e. The van der Waals surface area contributed by atoms with Gasteiger partial charge >= 0.3 is 12.0 Å². The van der Waals surface area contributed by atoms with Crippen molar-refractivity contribution in [1.82, 2.24) is 16.0 Å². The summed E-state index contributed by atoms with van der Waals surface area (Å²) in [4.78, 5) is 32.6. The molecule has 0 unspecified atom stereocenters. The summed E-state index contributed by atoms with van der Waals surface area (Å²) in [5, 5.41) is 14.9. The van der Waals surface area contributed by atoms with Gasteiger partial charge in [-0.1, -0.05) is 6.07 Å². The van der Waals surface area contributed by atoms with E-state index in [1.165, 1.54) is 6.07 Å². The van der Waals surface area contributed by atoms with Gasteiger partial charge in [0.15, 0.2) is 11.6 Å². The zero-order valence-corrected chi connectivity index (χ0v) is 10.8. The SMILES string of the molecule is O=C(O)CNC(=O)CNC(=O)NCc1ccc(F)c(F)c1. The molecule has 0 aliphatic rings. The van der Waals surface area contributed by atoms with Gasteiger partial charge < -0.3 is 21.1 Å². The minimum atomic E-state index is -1.20. The maximum Gasteiger partial charge on any atom is 0.322 e. The van der Waals surface area contributed by atoms with E-state index in [4.69, 9.17) is 5.11 Å². The van der Waals surface area contributed by atoms with Gasteiger partial charge in [-0.2, -0.15) is 0 Å². The molecule has 0 saturated carbocycles. The van der Waals surface area contributed by atoms with E-state index in [1.807, 2.05) is 0 Å². The van der Waals surface area contributed by atoms with Gasteiger partial charge in [0.1, 0.15) is 6.54 Å². The van der Waals surface area contributed by atoms with Crippen LogP contribution in [0.5, 0.6) is 0 Å². The van der Waals surface area contributed by atoms with Crippen LogP contribution < -0.4 is 16.0 Å². The van der Waals surface area contributed by atoms with Crippen molar-refractivity contribution < 1.29 is 28.3 Å². The summed E-state index contributed by atoms with van der Waals surface area (Å²) in [5.74, 6) is -3.88. The number of carbonyl (C=O) groups excluding carboxylic acids is 2. The minimum Gasteiger partial charge on any atom is -0.480 e. The Kier molecular flexibility index (Phi) is 6.05. The Hall–Kier alpha value is -2.71. The molecule has 0 fully saturated rings. The van der Waals surface area contributed by atoms with Gasteiger partial charge in [0.25, 0.3) is 0 Å². The molecule has 0 radical (unpaired) electrons. The lowest BCUT2D eigenvalue weighted by Gasteiger charge is -2.08. The second-order valence-corrected chi connectivity index (χ2v) is 3.96. The normalized spacial score (nSPS) is 9.81. The number of carboxylic acids is 1. The first-order valence-corrected chi connectivity index (χ1v) is 5.82. The highest BCUT2D eigenvalue weighted by atomic mass is 19.2. The highest BCUT2D eigenvalue weighted by Crippen LogP contribution is 2.08. The Labute approximate surface area is 118 Å². The maximum absolute atomic E-state index is 12.9. The van der Waals surface area contributed by atoms with Crippen molar-refractivity contribution in [3.63, 3.8) is 0 Å². The summed E-state index contributed by atoms with van der Waals surface area (Å²) >= 11 is 0. The van der Waals surface area contributed by atoms with Crippen molar-refractivity contribution in [3.8, 4) is 0 Å². The second-order valence-electron chi connectivity index (χ2n) is 3.96. The van der Waals surface area contributed by atoms with Gasteiger partial charge in [-0.05, 0) is 17.7 Å². The third-order valence-electron chi connectivity index (χ3n) is 2.28. The summed E-state index contributed by atoms with van der Waals surface area (Å²) < 4.78 is 25.6. The van der Waals surface area contributed by atoms with Crippen LogP contribution in [-0.4, -0.2) is 36.1 Å². The van der Waals surface area contributed by atoms with Crippen LogP contribution >= 0.6 is 0 Å². The summed E-state index contributed by atoms with van der Waals surface area (Å²) in [6, 6.07) is 2.47. The van der Waals surface area contributed by atoms with Gasteiger partial charge in [-0.15, -0.1) is 0 Å². The van der Waals surface area contributed by atoms with E-state index in [-0.39, 0.29) is 6.54 Å². The Morgan fingerprint density at radius 1 is 1.00 bits per heavy atom.